The summed E-state index contributed by atoms with van der Waals surface area (Å²) in [6.45, 7) is 2.48. The summed E-state index contributed by atoms with van der Waals surface area (Å²) < 4.78 is 5.88. The standard InChI is InChI=1S/C21H20ClNO2/c22-18-6-4-15(5-7-18)14-25-19-3-1-2-16(12-19)13-20-21(24)17-8-10-23(20)11-9-17/h1-7,12-13,17H,8-11,14H2/b20-13-. The van der Waals surface area contributed by atoms with Crippen molar-refractivity contribution >= 4 is 23.5 Å². The van der Waals surface area contributed by atoms with E-state index < -0.39 is 0 Å². The number of ketones is 1. The second-order valence-corrected chi connectivity index (χ2v) is 7.08. The second-order valence-electron chi connectivity index (χ2n) is 6.64. The molecular weight excluding hydrogens is 334 g/mol. The summed E-state index contributed by atoms with van der Waals surface area (Å²) in [6.07, 6.45) is 4.00. The van der Waals surface area contributed by atoms with E-state index in [0.29, 0.717) is 12.4 Å². The number of rotatable bonds is 4. The van der Waals surface area contributed by atoms with Crippen LogP contribution in [-0.4, -0.2) is 23.8 Å². The van der Waals surface area contributed by atoms with Crippen molar-refractivity contribution in [1.29, 1.82) is 0 Å². The molecule has 3 heterocycles. The molecular formula is C21H20ClNO2. The van der Waals surface area contributed by atoms with Gasteiger partial charge in [0.2, 0.25) is 0 Å². The average molecular weight is 354 g/mol. The molecule has 0 unspecified atom stereocenters. The number of fused-ring (bicyclic) bond motifs is 3. The maximum atomic E-state index is 12.5. The lowest BCUT2D eigenvalue weighted by molar-refractivity contribution is -0.125. The lowest BCUT2D eigenvalue weighted by atomic mass is 9.84. The highest BCUT2D eigenvalue weighted by molar-refractivity contribution is 6.30. The van der Waals surface area contributed by atoms with Gasteiger partial charge in [-0.15, -0.1) is 0 Å². The molecule has 0 radical (unpaired) electrons. The van der Waals surface area contributed by atoms with Gasteiger partial charge in [0.15, 0.2) is 5.78 Å². The molecule has 25 heavy (non-hydrogen) atoms. The number of hydrogen-bond acceptors (Lipinski definition) is 3. The Morgan fingerprint density at radius 2 is 1.88 bits per heavy atom. The highest BCUT2D eigenvalue weighted by Gasteiger charge is 2.36. The molecule has 3 saturated heterocycles. The van der Waals surface area contributed by atoms with Gasteiger partial charge in [0.05, 0.1) is 5.70 Å². The van der Waals surface area contributed by atoms with Gasteiger partial charge in [0.1, 0.15) is 12.4 Å². The number of nitrogens with zero attached hydrogens (tertiary/aromatic N) is 1. The number of hydrogen-bond donors (Lipinski definition) is 0. The highest BCUT2D eigenvalue weighted by Crippen LogP contribution is 2.32. The number of carbonyl (C=O) groups excluding carboxylic acids is 1. The Kier molecular flexibility index (Phi) is 4.50. The number of halogens is 1. The molecule has 4 heteroatoms. The maximum absolute atomic E-state index is 12.5. The summed E-state index contributed by atoms with van der Waals surface area (Å²) in [5.41, 5.74) is 2.93. The first kappa shape index (κ1) is 16.2. The van der Waals surface area contributed by atoms with Crippen molar-refractivity contribution in [3.63, 3.8) is 0 Å². The van der Waals surface area contributed by atoms with Crippen molar-refractivity contribution in [3.8, 4) is 5.75 Å². The van der Waals surface area contributed by atoms with Gasteiger partial charge in [-0.1, -0.05) is 35.9 Å². The van der Waals surface area contributed by atoms with E-state index >= 15 is 0 Å². The molecule has 0 atom stereocenters. The van der Waals surface area contributed by atoms with E-state index in [4.69, 9.17) is 16.3 Å². The summed E-state index contributed by atoms with van der Waals surface area (Å²) in [7, 11) is 0. The second kappa shape index (κ2) is 6.93. The molecule has 0 amide bonds. The molecule has 3 fully saturated rings. The van der Waals surface area contributed by atoms with E-state index in [1.807, 2.05) is 54.6 Å². The molecule has 0 spiro atoms. The Bertz CT molecular complexity index is 805. The van der Waals surface area contributed by atoms with Crippen molar-refractivity contribution in [2.75, 3.05) is 13.1 Å². The van der Waals surface area contributed by atoms with E-state index in [1.54, 1.807) is 0 Å². The van der Waals surface area contributed by atoms with E-state index in [9.17, 15) is 4.79 Å². The van der Waals surface area contributed by atoms with E-state index in [-0.39, 0.29) is 5.92 Å². The Morgan fingerprint density at radius 1 is 1.12 bits per heavy atom. The molecule has 2 aromatic carbocycles. The van der Waals surface area contributed by atoms with Crippen LogP contribution in [0.1, 0.15) is 24.0 Å². The van der Waals surface area contributed by atoms with E-state index in [2.05, 4.69) is 4.90 Å². The monoisotopic (exact) mass is 353 g/mol. The molecule has 3 aliphatic rings. The molecule has 0 aliphatic carbocycles. The predicted octanol–water partition coefficient (Wildman–Crippen LogP) is 4.55. The Hall–Kier alpha value is -2.26. The summed E-state index contributed by atoms with van der Waals surface area (Å²) >= 11 is 5.90. The lowest BCUT2D eigenvalue weighted by Crippen LogP contribution is -2.45. The van der Waals surface area contributed by atoms with Gasteiger partial charge in [0, 0.05) is 24.0 Å². The van der Waals surface area contributed by atoms with Gasteiger partial charge in [-0.2, -0.15) is 0 Å². The van der Waals surface area contributed by atoms with Crippen LogP contribution in [0.4, 0.5) is 0 Å². The summed E-state index contributed by atoms with van der Waals surface area (Å²) in [4.78, 5) is 14.7. The van der Waals surface area contributed by atoms with Crippen molar-refractivity contribution in [1.82, 2.24) is 4.90 Å². The van der Waals surface area contributed by atoms with Gasteiger partial charge in [0.25, 0.3) is 0 Å². The number of allylic oxidation sites excluding steroid dienone is 1. The van der Waals surface area contributed by atoms with Crippen LogP contribution in [0.25, 0.3) is 6.08 Å². The number of piperidine rings is 3. The van der Waals surface area contributed by atoms with Gasteiger partial charge in [-0.25, -0.2) is 0 Å². The van der Waals surface area contributed by atoms with Crippen molar-refractivity contribution < 1.29 is 9.53 Å². The maximum Gasteiger partial charge on any atom is 0.182 e. The molecule has 128 valence electrons. The first-order valence-corrected chi connectivity index (χ1v) is 9.05. The minimum Gasteiger partial charge on any atom is -0.489 e. The van der Waals surface area contributed by atoms with Crippen LogP contribution in [0.15, 0.2) is 54.2 Å². The SMILES string of the molecule is O=C1/C(=C/c2cccc(OCc3ccc(Cl)cc3)c2)N2CCC1CC2. The summed E-state index contributed by atoms with van der Waals surface area (Å²) in [6, 6.07) is 15.5. The smallest absolute Gasteiger partial charge is 0.182 e. The van der Waals surface area contributed by atoms with Crippen LogP contribution in [0, 0.1) is 5.92 Å². The minimum absolute atomic E-state index is 0.223. The van der Waals surface area contributed by atoms with Crippen molar-refractivity contribution in [2.45, 2.75) is 19.4 Å². The van der Waals surface area contributed by atoms with Crippen LogP contribution < -0.4 is 4.74 Å². The van der Waals surface area contributed by atoms with Crippen LogP contribution in [-0.2, 0) is 11.4 Å². The molecule has 3 nitrogen and oxygen atoms in total. The molecule has 2 aromatic rings. The number of Topliss-reactive ketones (excluding diaryl/α,β-unsaturated/α-hetero) is 1. The van der Waals surface area contributed by atoms with Crippen molar-refractivity contribution in [3.05, 3.63) is 70.4 Å². The molecule has 0 N–H and O–H groups in total. The van der Waals surface area contributed by atoms with Crippen LogP contribution in [0.5, 0.6) is 5.75 Å². The molecule has 0 aromatic heterocycles. The molecule has 5 rings (SSSR count). The van der Waals surface area contributed by atoms with Crippen LogP contribution in [0.3, 0.4) is 0 Å². The third-order valence-electron chi connectivity index (χ3n) is 4.94. The largest absolute Gasteiger partial charge is 0.489 e. The zero-order valence-corrected chi connectivity index (χ0v) is 14.7. The Labute approximate surface area is 152 Å². The first-order chi connectivity index (χ1) is 12.2. The fourth-order valence-electron chi connectivity index (χ4n) is 3.51. The Morgan fingerprint density at radius 3 is 2.60 bits per heavy atom. The summed E-state index contributed by atoms with van der Waals surface area (Å²) in [5, 5.41) is 0.721. The topological polar surface area (TPSA) is 29.5 Å². The number of ether oxygens (including phenoxy) is 1. The van der Waals surface area contributed by atoms with Crippen LogP contribution in [0.2, 0.25) is 5.02 Å². The van der Waals surface area contributed by atoms with Crippen LogP contribution >= 0.6 is 11.6 Å². The zero-order valence-electron chi connectivity index (χ0n) is 14.0. The van der Waals surface area contributed by atoms with Gasteiger partial charge >= 0.3 is 0 Å². The number of carbonyl (C=O) groups is 1. The zero-order chi connectivity index (χ0) is 17.2. The number of benzene rings is 2. The normalized spacial score (nSPS) is 18.8. The summed E-state index contributed by atoms with van der Waals surface area (Å²) in [5.74, 6) is 1.32. The average Bonchev–Trinajstić information content (AvgIpc) is 2.65. The predicted molar refractivity (Wildman–Crippen MR) is 99.5 cm³/mol. The molecule has 2 bridgehead atoms. The molecule has 3 aliphatic heterocycles. The van der Waals surface area contributed by atoms with Crippen molar-refractivity contribution in [2.24, 2.45) is 5.92 Å². The first-order valence-electron chi connectivity index (χ1n) is 8.67. The van der Waals surface area contributed by atoms with Gasteiger partial charge < -0.3 is 9.64 Å². The fourth-order valence-corrected chi connectivity index (χ4v) is 3.64. The van der Waals surface area contributed by atoms with E-state index in [0.717, 1.165) is 53.5 Å². The Balaban J connectivity index is 1.49. The minimum atomic E-state index is 0.223. The third-order valence-corrected chi connectivity index (χ3v) is 5.19. The fraction of sp³-hybridized carbons (Fsp3) is 0.286. The van der Waals surface area contributed by atoms with E-state index in [1.165, 1.54) is 0 Å². The van der Waals surface area contributed by atoms with Gasteiger partial charge in [-0.3, -0.25) is 4.79 Å². The lowest BCUT2D eigenvalue weighted by Gasteiger charge is -2.41. The highest BCUT2D eigenvalue weighted by atomic mass is 35.5. The third kappa shape index (κ3) is 3.57. The quantitative estimate of drug-likeness (QED) is 0.755. The van der Waals surface area contributed by atoms with Gasteiger partial charge in [-0.05, 0) is 54.3 Å². The molecule has 0 saturated carbocycles.